The van der Waals surface area contributed by atoms with Gasteiger partial charge in [0.2, 0.25) is 0 Å². The topological polar surface area (TPSA) is 21.3 Å². The van der Waals surface area contributed by atoms with Gasteiger partial charge in [0, 0.05) is 16.2 Å². The summed E-state index contributed by atoms with van der Waals surface area (Å²) in [6, 6.07) is 12.9. The number of hydrogen-bond donors (Lipinski definition) is 1. The lowest BCUT2D eigenvalue weighted by atomic mass is 9.88. The van der Waals surface area contributed by atoms with E-state index in [9.17, 15) is 0 Å². The Bertz CT molecular complexity index is 659. The second-order valence-electron chi connectivity index (χ2n) is 5.35. The van der Waals surface area contributed by atoms with Crippen LogP contribution in [0.25, 0.3) is 0 Å². The Kier molecular flexibility index (Phi) is 4.41. The molecule has 1 atom stereocenters. The van der Waals surface area contributed by atoms with Gasteiger partial charge in [-0.05, 0) is 60.7 Å². The number of ether oxygens (including phenoxy) is 1. The molecule has 0 saturated carbocycles. The molecular formula is C17H17BrClNO. The van der Waals surface area contributed by atoms with Crippen molar-refractivity contribution in [3.8, 4) is 5.75 Å². The van der Waals surface area contributed by atoms with Gasteiger partial charge in [0.05, 0.1) is 12.1 Å². The van der Waals surface area contributed by atoms with Gasteiger partial charge in [-0.15, -0.1) is 0 Å². The Balaban J connectivity index is 1.72. The molecule has 0 aliphatic heterocycles. The lowest BCUT2D eigenvalue weighted by molar-refractivity contribution is 0.415. The zero-order valence-corrected chi connectivity index (χ0v) is 14.2. The van der Waals surface area contributed by atoms with Crippen LogP contribution < -0.4 is 10.1 Å². The van der Waals surface area contributed by atoms with E-state index in [1.54, 1.807) is 7.11 Å². The molecule has 3 rings (SSSR count). The number of nitrogens with one attached hydrogen (secondary N) is 1. The molecule has 0 bridgehead atoms. The Labute approximate surface area is 138 Å². The van der Waals surface area contributed by atoms with Crippen molar-refractivity contribution in [1.82, 2.24) is 0 Å². The highest BCUT2D eigenvalue weighted by Crippen LogP contribution is 2.30. The zero-order valence-electron chi connectivity index (χ0n) is 11.8. The molecule has 0 aromatic heterocycles. The van der Waals surface area contributed by atoms with Gasteiger partial charge in [0.25, 0.3) is 0 Å². The average molecular weight is 367 g/mol. The first-order valence-electron chi connectivity index (χ1n) is 7.03. The fourth-order valence-corrected chi connectivity index (χ4v) is 3.50. The summed E-state index contributed by atoms with van der Waals surface area (Å²) in [5.41, 5.74) is 3.93. The number of methoxy groups -OCH3 is 1. The molecule has 1 N–H and O–H groups in total. The van der Waals surface area contributed by atoms with E-state index in [2.05, 4.69) is 39.4 Å². The minimum Gasteiger partial charge on any atom is -0.495 e. The van der Waals surface area contributed by atoms with E-state index < -0.39 is 0 Å². The lowest BCUT2D eigenvalue weighted by Crippen LogP contribution is -2.27. The maximum atomic E-state index is 6.18. The first kappa shape index (κ1) is 14.7. The second-order valence-corrected chi connectivity index (χ2v) is 6.67. The van der Waals surface area contributed by atoms with Crippen molar-refractivity contribution in [2.24, 2.45) is 0 Å². The molecule has 1 aliphatic rings. The van der Waals surface area contributed by atoms with Crippen LogP contribution in [0, 0.1) is 0 Å². The van der Waals surface area contributed by atoms with Crippen LogP contribution in [0.4, 0.5) is 5.69 Å². The zero-order chi connectivity index (χ0) is 14.8. The molecule has 2 aromatic rings. The van der Waals surface area contributed by atoms with Crippen molar-refractivity contribution in [3.63, 3.8) is 0 Å². The van der Waals surface area contributed by atoms with Crippen LogP contribution in [0.5, 0.6) is 5.75 Å². The predicted molar refractivity (Wildman–Crippen MR) is 91.6 cm³/mol. The molecule has 110 valence electrons. The molecule has 2 aromatic carbocycles. The van der Waals surface area contributed by atoms with E-state index in [0.717, 1.165) is 29.4 Å². The van der Waals surface area contributed by atoms with E-state index in [1.807, 2.05) is 18.2 Å². The third-order valence-corrected chi connectivity index (χ3v) is 4.71. The maximum Gasteiger partial charge on any atom is 0.137 e. The Hall–Kier alpha value is -1.19. The molecule has 1 unspecified atom stereocenters. The molecule has 0 fully saturated rings. The number of halogens is 2. The molecule has 4 heteroatoms. The lowest BCUT2D eigenvalue weighted by Gasteiger charge is -2.26. The normalized spacial score (nSPS) is 17.2. The Morgan fingerprint density at radius 3 is 2.81 bits per heavy atom. The van der Waals surface area contributed by atoms with Gasteiger partial charge >= 0.3 is 0 Å². The van der Waals surface area contributed by atoms with Crippen LogP contribution in [-0.4, -0.2) is 13.2 Å². The van der Waals surface area contributed by atoms with Gasteiger partial charge < -0.3 is 10.1 Å². The smallest absolute Gasteiger partial charge is 0.137 e. The van der Waals surface area contributed by atoms with E-state index in [4.69, 9.17) is 16.3 Å². The standard InChI is InChI=1S/C17H17BrClNO/c1-21-17-7-6-15(10-16(17)19)20-14-5-3-11-8-13(18)4-2-12(11)9-14/h2,4,6-8,10,14,20H,3,5,9H2,1H3. The quantitative estimate of drug-likeness (QED) is 0.818. The highest BCUT2D eigenvalue weighted by Gasteiger charge is 2.18. The van der Waals surface area contributed by atoms with Crippen molar-refractivity contribution >= 4 is 33.2 Å². The summed E-state index contributed by atoms with van der Waals surface area (Å²) in [7, 11) is 1.63. The first-order chi connectivity index (χ1) is 10.2. The highest BCUT2D eigenvalue weighted by molar-refractivity contribution is 9.10. The van der Waals surface area contributed by atoms with Crippen LogP contribution in [0.1, 0.15) is 17.5 Å². The Morgan fingerprint density at radius 2 is 2.05 bits per heavy atom. The summed E-state index contributed by atoms with van der Waals surface area (Å²) in [5.74, 6) is 0.709. The summed E-state index contributed by atoms with van der Waals surface area (Å²) in [6.45, 7) is 0. The van der Waals surface area contributed by atoms with E-state index in [1.165, 1.54) is 11.1 Å². The monoisotopic (exact) mass is 365 g/mol. The predicted octanol–water partition coefficient (Wildman–Crippen LogP) is 5.08. The average Bonchev–Trinajstić information content (AvgIpc) is 2.48. The largest absolute Gasteiger partial charge is 0.495 e. The minimum absolute atomic E-state index is 0.447. The van der Waals surface area contributed by atoms with Crippen LogP contribution in [0.2, 0.25) is 5.02 Å². The van der Waals surface area contributed by atoms with Gasteiger partial charge in [0.15, 0.2) is 0 Å². The fourth-order valence-electron chi connectivity index (χ4n) is 2.84. The van der Waals surface area contributed by atoms with Crippen molar-refractivity contribution in [2.45, 2.75) is 25.3 Å². The number of aryl methyl sites for hydroxylation is 1. The number of benzene rings is 2. The molecule has 0 spiro atoms. The van der Waals surface area contributed by atoms with Gasteiger partial charge in [-0.25, -0.2) is 0 Å². The summed E-state index contributed by atoms with van der Waals surface area (Å²) >= 11 is 9.71. The number of rotatable bonds is 3. The van der Waals surface area contributed by atoms with Crippen LogP contribution >= 0.6 is 27.5 Å². The van der Waals surface area contributed by atoms with E-state index >= 15 is 0 Å². The van der Waals surface area contributed by atoms with Crippen molar-refractivity contribution < 1.29 is 4.74 Å². The number of anilines is 1. The molecule has 21 heavy (non-hydrogen) atoms. The van der Waals surface area contributed by atoms with E-state index in [-0.39, 0.29) is 0 Å². The number of hydrogen-bond acceptors (Lipinski definition) is 2. The van der Waals surface area contributed by atoms with Crippen LogP contribution in [0.3, 0.4) is 0 Å². The molecule has 0 saturated heterocycles. The highest BCUT2D eigenvalue weighted by atomic mass is 79.9. The molecule has 0 radical (unpaired) electrons. The molecule has 2 nitrogen and oxygen atoms in total. The minimum atomic E-state index is 0.447. The van der Waals surface area contributed by atoms with Gasteiger partial charge in [0.1, 0.15) is 5.75 Å². The SMILES string of the molecule is COc1ccc(NC2CCc3cc(Br)ccc3C2)cc1Cl. The second kappa shape index (κ2) is 6.29. The Morgan fingerprint density at radius 1 is 1.19 bits per heavy atom. The van der Waals surface area contributed by atoms with Crippen molar-refractivity contribution in [3.05, 3.63) is 57.0 Å². The number of fused-ring (bicyclic) bond motifs is 1. The van der Waals surface area contributed by atoms with Crippen molar-refractivity contribution in [2.75, 3.05) is 12.4 Å². The fraction of sp³-hybridized carbons (Fsp3) is 0.294. The summed E-state index contributed by atoms with van der Waals surface area (Å²) < 4.78 is 6.35. The maximum absolute atomic E-state index is 6.18. The first-order valence-corrected chi connectivity index (χ1v) is 8.20. The molecular weight excluding hydrogens is 350 g/mol. The molecule has 1 aliphatic carbocycles. The van der Waals surface area contributed by atoms with Gasteiger partial charge in [-0.2, -0.15) is 0 Å². The van der Waals surface area contributed by atoms with E-state index in [0.29, 0.717) is 16.8 Å². The summed E-state index contributed by atoms with van der Waals surface area (Å²) in [4.78, 5) is 0. The van der Waals surface area contributed by atoms with Gasteiger partial charge in [-0.1, -0.05) is 33.6 Å². The summed E-state index contributed by atoms with van der Waals surface area (Å²) in [5, 5.41) is 4.22. The third-order valence-electron chi connectivity index (χ3n) is 3.92. The van der Waals surface area contributed by atoms with Crippen molar-refractivity contribution in [1.29, 1.82) is 0 Å². The molecule has 0 heterocycles. The van der Waals surface area contributed by atoms with Gasteiger partial charge in [-0.3, -0.25) is 0 Å². The van der Waals surface area contributed by atoms with Crippen LogP contribution in [0.15, 0.2) is 40.9 Å². The molecule has 0 amide bonds. The van der Waals surface area contributed by atoms with Crippen LogP contribution in [-0.2, 0) is 12.8 Å². The summed E-state index contributed by atoms with van der Waals surface area (Å²) in [6.07, 6.45) is 3.29. The third kappa shape index (κ3) is 3.35.